The molecule has 0 aliphatic carbocycles. The van der Waals surface area contributed by atoms with Crippen LogP contribution in [0, 0.1) is 5.92 Å². The first-order valence-electron chi connectivity index (χ1n) is 9.57. The van der Waals surface area contributed by atoms with Gasteiger partial charge < -0.3 is 14.8 Å². The highest BCUT2D eigenvalue weighted by Crippen LogP contribution is 2.25. The normalized spacial score (nSPS) is 15.4. The molecule has 4 rings (SSSR count). The van der Waals surface area contributed by atoms with Gasteiger partial charge in [0.25, 0.3) is 0 Å². The topological polar surface area (TPSA) is 63.1 Å². The summed E-state index contributed by atoms with van der Waals surface area (Å²) in [7, 11) is 0. The first kappa shape index (κ1) is 17.5. The molecule has 3 aromatic rings. The molecule has 0 spiro atoms. The van der Waals surface area contributed by atoms with Crippen molar-refractivity contribution in [2.45, 2.75) is 32.7 Å². The molecule has 27 heavy (non-hydrogen) atoms. The predicted molar refractivity (Wildman–Crippen MR) is 108 cm³/mol. The highest BCUT2D eigenvalue weighted by molar-refractivity contribution is 5.95. The quantitative estimate of drug-likeness (QED) is 0.747. The van der Waals surface area contributed by atoms with Crippen molar-refractivity contribution in [1.82, 2.24) is 14.5 Å². The van der Waals surface area contributed by atoms with E-state index in [4.69, 9.17) is 0 Å². The van der Waals surface area contributed by atoms with E-state index in [-0.39, 0.29) is 17.9 Å². The lowest BCUT2D eigenvalue weighted by molar-refractivity contribution is -0.120. The van der Waals surface area contributed by atoms with Gasteiger partial charge >= 0.3 is 0 Å². The Morgan fingerprint density at radius 3 is 2.56 bits per heavy atom. The number of nitrogens with one attached hydrogen (secondary N) is 1. The van der Waals surface area contributed by atoms with E-state index in [1.807, 2.05) is 54.8 Å². The van der Waals surface area contributed by atoms with E-state index >= 15 is 0 Å². The van der Waals surface area contributed by atoms with Crippen molar-refractivity contribution in [3.63, 3.8) is 0 Å². The fourth-order valence-electron chi connectivity index (χ4n) is 3.76. The number of fused-ring (bicyclic) bond motifs is 1. The highest BCUT2D eigenvalue weighted by atomic mass is 16.2. The molecule has 1 fully saturated rings. The van der Waals surface area contributed by atoms with Gasteiger partial charge in [0.1, 0.15) is 11.9 Å². The number of amides is 1. The van der Waals surface area contributed by atoms with Gasteiger partial charge in [-0.2, -0.15) is 0 Å². The molecule has 0 unspecified atom stereocenters. The average molecular weight is 363 g/mol. The van der Waals surface area contributed by atoms with Gasteiger partial charge in [0, 0.05) is 13.1 Å². The van der Waals surface area contributed by atoms with Crippen LogP contribution >= 0.6 is 0 Å². The molecule has 6 heteroatoms. The molecule has 1 N–H and O–H groups in total. The molecule has 1 aromatic carbocycles. The summed E-state index contributed by atoms with van der Waals surface area (Å²) in [6, 6.07) is 11.5. The lowest BCUT2D eigenvalue weighted by atomic mass is 10.0. The Morgan fingerprint density at radius 2 is 1.85 bits per heavy atom. The van der Waals surface area contributed by atoms with E-state index in [9.17, 15) is 4.79 Å². The van der Waals surface area contributed by atoms with Crippen LogP contribution in [0.3, 0.4) is 0 Å². The minimum atomic E-state index is -0.337. The van der Waals surface area contributed by atoms with Crippen LogP contribution < -0.4 is 10.2 Å². The van der Waals surface area contributed by atoms with E-state index in [0.717, 1.165) is 35.6 Å². The van der Waals surface area contributed by atoms with Gasteiger partial charge in [-0.3, -0.25) is 4.79 Å². The SMILES string of the molecule is CC(C)[C@H](C(=O)Nc1ccc(N2CCCC2)nc1)n1cnc2ccccc21. The fraction of sp³-hybridized carbons (Fsp3) is 0.381. The standard InChI is InChI=1S/C21H25N5O/c1-15(2)20(26-14-23-17-7-3-4-8-18(17)26)21(27)24-16-9-10-19(22-13-16)25-11-5-6-12-25/h3-4,7-10,13-15,20H,5-6,11-12H2,1-2H3,(H,24,27)/t20-/m1/s1. The van der Waals surface area contributed by atoms with Crippen molar-refractivity contribution >= 4 is 28.4 Å². The molecule has 0 radical (unpaired) electrons. The monoisotopic (exact) mass is 363 g/mol. The number of hydrogen-bond acceptors (Lipinski definition) is 4. The summed E-state index contributed by atoms with van der Waals surface area (Å²) in [5.74, 6) is 1.05. The minimum absolute atomic E-state index is 0.0520. The number of imidazole rings is 1. The van der Waals surface area contributed by atoms with Gasteiger partial charge in [-0.15, -0.1) is 0 Å². The maximum atomic E-state index is 13.0. The fourth-order valence-corrected chi connectivity index (χ4v) is 3.76. The summed E-state index contributed by atoms with van der Waals surface area (Å²) in [5.41, 5.74) is 2.58. The van der Waals surface area contributed by atoms with Gasteiger partial charge in [-0.1, -0.05) is 26.0 Å². The zero-order chi connectivity index (χ0) is 18.8. The number of anilines is 2. The van der Waals surface area contributed by atoms with Crippen LogP contribution in [0.25, 0.3) is 11.0 Å². The number of rotatable bonds is 5. The molecular weight excluding hydrogens is 338 g/mol. The number of benzene rings is 1. The number of para-hydroxylation sites is 2. The molecule has 1 atom stereocenters. The van der Waals surface area contributed by atoms with Crippen LogP contribution in [0.2, 0.25) is 0 Å². The number of pyridine rings is 1. The number of aromatic nitrogens is 3. The van der Waals surface area contributed by atoms with Crippen LogP contribution in [-0.2, 0) is 4.79 Å². The number of hydrogen-bond donors (Lipinski definition) is 1. The molecule has 0 saturated carbocycles. The number of carbonyl (C=O) groups excluding carboxylic acids is 1. The van der Waals surface area contributed by atoms with Crippen molar-refractivity contribution in [3.8, 4) is 0 Å². The van der Waals surface area contributed by atoms with Gasteiger partial charge in [-0.05, 0) is 43.0 Å². The maximum absolute atomic E-state index is 13.0. The molecule has 140 valence electrons. The predicted octanol–water partition coefficient (Wildman–Crippen LogP) is 3.87. The molecule has 0 bridgehead atoms. The summed E-state index contributed by atoms with van der Waals surface area (Å²) in [4.78, 5) is 24.3. The van der Waals surface area contributed by atoms with Crippen LogP contribution in [0.15, 0.2) is 48.9 Å². The van der Waals surface area contributed by atoms with Crippen LogP contribution in [0.1, 0.15) is 32.7 Å². The number of carbonyl (C=O) groups is 1. The molecule has 3 heterocycles. The zero-order valence-electron chi connectivity index (χ0n) is 15.8. The molecule has 2 aromatic heterocycles. The first-order chi connectivity index (χ1) is 13.1. The largest absolute Gasteiger partial charge is 0.357 e. The Morgan fingerprint density at radius 1 is 1.07 bits per heavy atom. The summed E-state index contributed by atoms with van der Waals surface area (Å²) < 4.78 is 1.96. The van der Waals surface area contributed by atoms with Crippen molar-refractivity contribution in [2.75, 3.05) is 23.3 Å². The first-order valence-corrected chi connectivity index (χ1v) is 9.57. The van der Waals surface area contributed by atoms with Crippen molar-refractivity contribution in [3.05, 3.63) is 48.9 Å². The molecule has 1 amide bonds. The Kier molecular flexibility index (Phi) is 4.79. The Bertz CT molecular complexity index is 925. The zero-order valence-corrected chi connectivity index (χ0v) is 15.8. The summed E-state index contributed by atoms with van der Waals surface area (Å²) in [5, 5.41) is 3.03. The molecule has 1 saturated heterocycles. The Balaban J connectivity index is 1.54. The van der Waals surface area contributed by atoms with E-state index in [2.05, 4.69) is 20.2 Å². The third-order valence-electron chi connectivity index (χ3n) is 5.13. The van der Waals surface area contributed by atoms with E-state index in [1.54, 1.807) is 12.5 Å². The van der Waals surface area contributed by atoms with E-state index in [0.29, 0.717) is 0 Å². The Labute approximate surface area is 159 Å². The van der Waals surface area contributed by atoms with E-state index in [1.165, 1.54) is 12.8 Å². The lowest BCUT2D eigenvalue weighted by Gasteiger charge is -2.23. The van der Waals surface area contributed by atoms with Crippen molar-refractivity contribution in [1.29, 1.82) is 0 Å². The van der Waals surface area contributed by atoms with Crippen LogP contribution in [0.5, 0.6) is 0 Å². The minimum Gasteiger partial charge on any atom is -0.357 e. The van der Waals surface area contributed by atoms with Crippen LogP contribution in [0.4, 0.5) is 11.5 Å². The summed E-state index contributed by atoms with van der Waals surface area (Å²) in [6.45, 7) is 6.21. The molecule has 6 nitrogen and oxygen atoms in total. The lowest BCUT2D eigenvalue weighted by Crippen LogP contribution is -2.29. The summed E-state index contributed by atoms with van der Waals surface area (Å²) >= 11 is 0. The van der Waals surface area contributed by atoms with E-state index < -0.39 is 0 Å². The van der Waals surface area contributed by atoms with Crippen molar-refractivity contribution in [2.24, 2.45) is 5.92 Å². The molecule has 1 aliphatic rings. The van der Waals surface area contributed by atoms with Crippen molar-refractivity contribution < 1.29 is 4.79 Å². The summed E-state index contributed by atoms with van der Waals surface area (Å²) in [6.07, 6.45) is 5.93. The third kappa shape index (κ3) is 3.52. The highest BCUT2D eigenvalue weighted by Gasteiger charge is 2.26. The molecule has 1 aliphatic heterocycles. The Hall–Kier alpha value is -2.89. The second-order valence-electron chi connectivity index (χ2n) is 7.42. The number of nitrogens with zero attached hydrogens (tertiary/aromatic N) is 4. The maximum Gasteiger partial charge on any atom is 0.247 e. The smallest absolute Gasteiger partial charge is 0.247 e. The second-order valence-corrected chi connectivity index (χ2v) is 7.42. The third-order valence-corrected chi connectivity index (χ3v) is 5.13. The average Bonchev–Trinajstić information content (AvgIpc) is 3.33. The van der Waals surface area contributed by atoms with Crippen LogP contribution in [-0.4, -0.2) is 33.5 Å². The van der Waals surface area contributed by atoms with Gasteiger partial charge in [0.15, 0.2) is 0 Å². The van der Waals surface area contributed by atoms with Gasteiger partial charge in [-0.25, -0.2) is 9.97 Å². The second kappa shape index (κ2) is 7.39. The molecular formula is C21H25N5O. The van der Waals surface area contributed by atoms with Gasteiger partial charge in [0.05, 0.1) is 29.2 Å². The van der Waals surface area contributed by atoms with Gasteiger partial charge in [0.2, 0.25) is 5.91 Å².